The van der Waals surface area contributed by atoms with Gasteiger partial charge in [-0.05, 0) is 12.1 Å². The molecule has 0 radical (unpaired) electrons. The lowest BCUT2D eigenvalue weighted by atomic mass is 10.1. The van der Waals surface area contributed by atoms with Gasteiger partial charge in [0.25, 0.3) is 5.91 Å². The molecule has 1 aromatic heterocycles. The molecule has 0 fully saturated rings. The standard InChI is InChI=1S/C9H9F3N2O/c1-14(2)8(15)7-6(9(10,11)12)4-3-5-13-7/h3-5H,1-2H3. The Morgan fingerprint density at radius 1 is 1.40 bits per heavy atom. The van der Waals surface area contributed by atoms with Gasteiger partial charge >= 0.3 is 6.18 Å². The van der Waals surface area contributed by atoms with E-state index in [9.17, 15) is 18.0 Å². The molecule has 0 atom stereocenters. The summed E-state index contributed by atoms with van der Waals surface area (Å²) < 4.78 is 37.4. The molecular weight excluding hydrogens is 209 g/mol. The molecule has 3 nitrogen and oxygen atoms in total. The van der Waals surface area contributed by atoms with Crippen LogP contribution in [0.5, 0.6) is 0 Å². The Balaban J connectivity index is 3.25. The largest absolute Gasteiger partial charge is 0.418 e. The summed E-state index contributed by atoms with van der Waals surface area (Å²) in [5.41, 5.74) is -1.58. The van der Waals surface area contributed by atoms with E-state index in [1.165, 1.54) is 14.1 Å². The van der Waals surface area contributed by atoms with E-state index in [1.807, 2.05) is 0 Å². The molecule has 0 aliphatic rings. The maximum atomic E-state index is 12.5. The third-order valence-corrected chi connectivity index (χ3v) is 1.72. The third kappa shape index (κ3) is 2.45. The molecule has 0 unspecified atom stereocenters. The first-order chi connectivity index (χ1) is 6.84. The van der Waals surface area contributed by atoms with Crippen molar-refractivity contribution < 1.29 is 18.0 Å². The fourth-order valence-electron chi connectivity index (χ4n) is 1.02. The maximum absolute atomic E-state index is 12.5. The van der Waals surface area contributed by atoms with E-state index < -0.39 is 23.3 Å². The monoisotopic (exact) mass is 218 g/mol. The minimum atomic E-state index is -4.56. The minimum absolute atomic E-state index is 0.574. The van der Waals surface area contributed by atoms with Gasteiger partial charge in [0.2, 0.25) is 0 Å². The Kier molecular flexibility index (Phi) is 2.97. The number of halogens is 3. The molecule has 0 aliphatic carbocycles. The fourth-order valence-corrected chi connectivity index (χ4v) is 1.02. The van der Waals surface area contributed by atoms with Crippen molar-refractivity contribution in [2.24, 2.45) is 0 Å². The summed E-state index contributed by atoms with van der Waals surface area (Å²) in [6, 6.07) is 1.99. The van der Waals surface area contributed by atoms with Crippen molar-refractivity contribution >= 4 is 5.91 Å². The lowest BCUT2D eigenvalue weighted by Crippen LogP contribution is -2.26. The van der Waals surface area contributed by atoms with Crippen molar-refractivity contribution in [3.8, 4) is 0 Å². The predicted octanol–water partition coefficient (Wildman–Crippen LogP) is 1.80. The van der Waals surface area contributed by atoms with Gasteiger partial charge in [0.05, 0.1) is 5.56 Å². The van der Waals surface area contributed by atoms with Crippen LogP contribution < -0.4 is 0 Å². The van der Waals surface area contributed by atoms with Gasteiger partial charge in [-0.25, -0.2) is 0 Å². The van der Waals surface area contributed by atoms with E-state index in [4.69, 9.17) is 0 Å². The van der Waals surface area contributed by atoms with Crippen molar-refractivity contribution in [3.63, 3.8) is 0 Å². The lowest BCUT2D eigenvalue weighted by molar-refractivity contribution is -0.138. The second kappa shape index (κ2) is 3.88. The van der Waals surface area contributed by atoms with E-state index in [0.717, 1.165) is 23.2 Å². The average Bonchev–Trinajstić information content (AvgIpc) is 2.15. The molecule has 15 heavy (non-hydrogen) atoms. The van der Waals surface area contributed by atoms with E-state index in [-0.39, 0.29) is 0 Å². The number of hydrogen-bond acceptors (Lipinski definition) is 2. The quantitative estimate of drug-likeness (QED) is 0.720. The Morgan fingerprint density at radius 2 is 2.00 bits per heavy atom. The summed E-state index contributed by atoms with van der Waals surface area (Å²) >= 11 is 0. The van der Waals surface area contributed by atoms with Crippen molar-refractivity contribution in [1.82, 2.24) is 9.88 Å². The Morgan fingerprint density at radius 3 is 2.47 bits per heavy atom. The van der Waals surface area contributed by atoms with Crippen LogP contribution >= 0.6 is 0 Å². The van der Waals surface area contributed by atoms with E-state index in [1.54, 1.807) is 0 Å². The van der Waals surface area contributed by atoms with Crippen molar-refractivity contribution in [3.05, 3.63) is 29.6 Å². The Bertz CT molecular complexity index is 374. The first-order valence-corrected chi connectivity index (χ1v) is 4.08. The first kappa shape index (κ1) is 11.5. The number of nitrogens with zero attached hydrogens (tertiary/aromatic N) is 2. The molecule has 1 heterocycles. The molecule has 0 aromatic carbocycles. The van der Waals surface area contributed by atoms with Gasteiger partial charge in [-0.15, -0.1) is 0 Å². The second-order valence-corrected chi connectivity index (χ2v) is 3.10. The molecule has 0 saturated carbocycles. The molecule has 0 N–H and O–H groups in total. The van der Waals surface area contributed by atoms with Crippen LogP contribution in [0.4, 0.5) is 13.2 Å². The van der Waals surface area contributed by atoms with E-state index in [0.29, 0.717) is 0 Å². The SMILES string of the molecule is CN(C)C(=O)c1ncccc1C(F)(F)F. The van der Waals surface area contributed by atoms with Crippen LogP contribution in [0.3, 0.4) is 0 Å². The number of pyridine rings is 1. The minimum Gasteiger partial charge on any atom is -0.343 e. The Labute approximate surface area is 84.5 Å². The van der Waals surface area contributed by atoms with Gasteiger partial charge in [-0.2, -0.15) is 13.2 Å². The van der Waals surface area contributed by atoms with Crippen LogP contribution in [0.25, 0.3) is 0 Å². The van der Waals surface area contributed by atoms with Crippen LogP contribution in [-0.4, -0.2) is 29.9 Å². The maximum Gasteiger partial charge on any atom is 0.418 e. The van der Waals surface area contributed by atoms with Crippen molar-refractivity contribution in [2.75, 3.05) is 14.1 Å². The molecule has 1 amide bonds. The van der Waals surface area contributed by atoms with Crippen molar-refractivity contribution in [1.29, 1.82) is 0 Å². The number of carbonyl (C=O) groups excluding carboxylic acids is 1. The topological polar surface area (TPSA) is 33.2 Å². The highest BCUT2D eigenvalue weighted by Gasteiger charge is 2.36. The Hall–Kier alpha value is -1.59. The number of hydrogen-bond donors (Lipinski definition) is 0. The molecule has 0 aliphatic heterocycles. The van der Waals surface area contributed by atoms with Gasteiger partial charge in [0, 0.05) is 20.3 Å². The zero-order valence-electron chi connectivity index (χ0n) is 8.17. The number of aromatic nitrogens is 1. The molecule has 0 bridgehead atoms. The zero-order chi connectivity index (χ0) is 11.6. The second-order valence-electron chi connectivity index (χ2n) is 3.10. The van der Waals surface area contributed by atoms with Gasteiger partial charge in [-0.1, -0.05) is 0 Å². The summed E-state index contributed by atoms with van der Waals surface area (Å²) in [4.78, 5) is 15.9. The summed E-state index contributed by atoms with van der Waals surface area (Å²) in [5, 5.41) is 0. The van der Waals surface area contributed by atoms with Crippen LogP contribution in [0.1, 0.15) is 16.1 Å². The third-order valence-electron chi connectivity index (χ3n) is 1.72. The number of alkyl halides is 3. The van der Waals surface area contributed by atoms with E-state index in [2.05, 4.69) is 4.98 Å². The van der Waals surface area contributed by atoms with Crippen LogP contribution in [-0.2, 0) is 6.18 Å². The van der Waals surface area contributed by atoms with Crippen molar-refractivity contribution in [2.45, 2.75) is 6.18 Å². The normalized spacial score (nSPS) is 11.3. The first-order valence-electron chi connectivity index (χ1n) is 4.08. The summed E-state index contributed by atoms with van der Waals surface area (Å²) in [6.07, 6.45) is -3.40. The molecule has 0 saturated heterocycles. The predicted molar refractivity (Wildman–Crippen MR) is 47.3 cm³/mol. The molecule has 1 rings (SSSR count). The summed E-state index contributed by atoms with van der Waals surface area (Å²) in [5.74, 6) is -0.761. The molecular formula is C9H9F3N2O. The number of carbonyl (C=O) groups is 1. The van der Waals surface area contributed by atoms with Gasteiger partial charge < -0.3 is 4.90 Å². The number of rotatable bonds is 1. The van der Waals surface area contributed by atoms with Crippen LogP contribution in [0.2, 0.25) is 0 Å². The van der Waals surface area contributed by atoms with Gasteiger partial charge in [0.1, 0.15) is 5.69 Å². The van der Waals surface area contributed by atoms with Crippen LogP contribution in [0.15, 0.2) is 18.3 Å². The highest BCUT2D eigenvalue weighted by atomic mass is 19.4. The lowest BCUT2D eigenvalue weighted by Gasteiger charge is -2.14. The number of amides is 1. The average molecular weight is 218 g/mol. The van der Waals surface area contributed by atoms with Crippen LogP contribution in [0, 0.1) is 0 Å². The molecule has 1 aromatic rings. The molecule has 82 valence electrons. The van der Waals surface area contributed by atoms with E-state index >= 15 is 0 Å². The molecule has 6 heteroatoms. The fraction of sp³-hybridized carbons (Fsp3) is 0.333. The molecule has 0 spiro atoms. The van der Waals surface area contributed by atoms with Gasteiger partial charge in [-0.3, -0.25) is 9.78 Å². The van der Waals surface area contributed by atoms with Gasteiger partial charge in [0.15, 0.2) is 0 Å². The summed E-state index contributed by atoms with van der Waals surface area (Å²) in [6.45, 7) is 0. The summed E-state index contributed by atoms with van der Waals surface area (Å²) in [7, 11) is 2.74. The smallest absolute Gasteiger partial charge is 0.343 e. The highest BCUT2D eigenvalue weighted by Crippen LogP contribution is 2.31. The highest BCUT2D eigenvalue weighted by molar-refractivity contribution is 5.93. The zero-order valence-corrected chi connectivity index (χ0v) is 8.17.